The average molecular weight is 320 g/mol. The van der Waals surface area contributed by atoms with Crippen molar-refractivity contribution in [3.63, 3.8) is 0 Å². The lowest BCUT2D eigenvalue weighted by atomic mass is 10.1. The Kier molecular flexibility index (Phi) is 4.31. The van der Waals surface area contributed by atoms with Gasteiger partial charge in [-0.3, -0.25) is 0 Å². The van der Waals surface area contributed by atoms with Crippen LogP contribution in [0.15, 0.2) is 53.9 Å². The molecule has 0 saturated carbocycles. The second-order valence-corrected chi connectivity index (χ2v) is 5.93. The summed E-state index contributed by atoms with van der Waals surface area (Å²) in [5, 5.41) is 12.0. The molecule has 0 amide bonds. The van der Waals surface area contributed by atoms with Crippen LogP contribution in [0.1, 0.15) is 16.1 Å². The third kappa shape index (κ3) is 3.36. The lowest BCUT2D eigenvalue weighted by Gasteiger charge is -2.00. The maximum Gasteiger partial charge on any atom is 0.134 e. The number of thiazole rings is 1. The van der Waals surface area contributed by atoms with Crippen LogP contribution in [0.5, 0.6) is 0 Å². The number of benzene rings is 2. The summed E-state index contributed by atoms with van der Waals surface area (Å²) < 4.78 is 13.0. The van der Waals surface area contributed by atoms with Crippen molar-refractivity contribution in [2.24, 2.45) is 0 Å². The van der Waals surface area contributed by atoms with Gasteiger partial charge in [-0.2, -0.15) is 5.26 Å². The van der Waals surface area contributed by atoms with Crippen molar-refractivity contribution in [2.75, 3.05) is 0 Å². The fraction of sp³-hybridized carbons (Fsp3) is 0.0526. The van der Waals surface area contributed by atoms with E-state index in [4.69, 9.17) is 0 Å². The highest BCUT2D eigenvalue weighted by Gasteiger charge is 2.09. The van der Waals surface area contributed by atoms with E-state index in [9.17, 15) is 9.65 Å². The topological polar surface area (TPSA) is 36.7 Å². The number of hydrogen-bond donors (Lipinski definition) is 0. The summed E-state index contributed by atoms with van der Waals surface area (Å²) in [5.74, 6) is -0.277. The predicted octanol–water partition coefficient (Wildman–Crippen LogP) is 5.32. The van der Waals surface area contributed by atoms with Gasteiger partial charge in [0, 0.05) is 10.9 Å². The number of hydrogen-bond acceptors (Lipinski definition) is 3. The summed E-state index contributed by atoms with van der Waals surface area (Å²) in [6.07, 6.45) is 1.85. The van der Waals surface area contributed by atoms with Crippen molar-refractivity contribution in [3.8, 4) is 17.3 Å². The number of nitriles is 1. The highest BCUT2D eigenvalue weighted by atomic mass is 32.1. The zero-order chi connectivity index (χ0) is 16.2. The Balaban J connectivity index is 1.96. The van der Waals surface area contributed by atoms with Crippen molar-refractivity contribution < 1.29 is 4.39 Å². The highest BCUT2D eigenvalue weighted by molar-refractivity contribution is 7.11. The van der Waals surface area contributed by atoms with Crippen LogP contribution in [-0.4, -0.2) is 4.98 Å². The van der Waals surface area contributed by atoms with Crippen molar-refractivity contribution >= 4 is 23.0 Å². The van der Waals surface area contributed by atoms with E-state index in [0.717, 1.165) is 22.4 Å². The second-order valence-electron chi connectivity index (χ2n) is 5.07. The standard InChI is InChI=1S/C19H13FN2S/c1-13-4-2-3-5-15(13)10-16(11-21)19-22-18(12-23-19)14-6-8-17(20)9-7-14/h2-10,12H,1H3/b16-10-. The Morgan fingerprint density at radius 3 is 2.61 bits per heavy atom. The number of rotatable bonds is 3. The van der Waals surface area contributed by atoms with Crippen LogP contribution in [0.2, 0.25) is 0 Å². The van der Waals surface area contributed by atoms with Crippen LogP contribution in [-0.2, 0) is 0 Å². The van der Waals surface area contributed by atoms with Crippen LogP contribution in [0.4, 0.5) is 4.39 Å². The number of allylic oxidation sites excluding steroid dienone is 1. The van der Waals surface area contributed by atoms with Crippen LogP contribution in [0, 0.1) is 24.1 Å². The van der Waals surface area contributed by atoms with Gasteiger partial charge in [-0.05, 0) is 48.4 Å². The van der Waals surface area contributed by atoms with Gasteiger partial charge in [0.25, 0.3) is 0 Å². The maximum absolute atomic E-state index is 13.0. The van der Waals surface area contributed by atoms with Gasteiger partial charge < -0.3 is 0 Å². The number of halogens is 1. The van der Waals surface area contributed by atoms with Gasteiger partial charge in [0.15, 0.2) is 0 Å². The molecule has 0 aliphatic heterocycles. The fourth-order valence-corrected chi connectivity index (χ4v) is 2.99. The van der Waals surface area contributed by atoms with E-state index >= 15 is 0 Å². The smallest absolute Gasteiger partial charge is 0.134 e. The first-order valence-corrected chi connectivity index (χ1v) is 7.94. The highest BCUT2D eigenvalue weighted by Crippen LogP contribution is 2.27. The largest absolute Gasteiger partial charge is 0.235 e. The average Bonchev–Trinajstić information content (AvgIpc) is 3.04. The normalized spacial score (nSPS) is 11.3. The molecule has 0 atom stereocenters. The van der Waals surface area contributed by atoms with Gasteiger partial charge in [0.2, 0.25) is 0 Å². The molecule has 3 aromatic rings. The molecule has 23 heavy (non-hydrogen) atoms. The van der Waals surface area contributed by atoms with Crippen molar-refractivity contribution in [1.29, 1.82) is 5.26 Å². The first kappa shape index (κ1) is 15.1. The van der Waals surface area contributed by atoms with Gasteiger partial charge >= 0.3 is 0 Å². The summed E-state index contributed by atoms with van der Waals surface area (Å²) in [6, 6.07) is 16.3. The summed E-state index contributed by atoms with van der Waals surface area (Å²) in [5.41, 5.74) is 4.22. The molecular weight excluding hydrogens is 307 g/mol. The zero-order valence-corrected chi connectivity index (χ0v) is 13.3. The SMILES string of the molecule is Cc1ccccc1/C=C(/C#N)c1nc(-c2ccc(F)cc2)cs1. The molecule has 1 aromatic heterocycles. The van der Waals surface area contributed by atoms with Crippen molar-refractivity contribution in [1.82, 2.24) is 4.98 Å². The van der Waals surface area contributed by atoms with Crippen molar-refractivity contribution in [2.45, 2.75) is 6.92 Å². The molecule has 0 N–H and O–H groups in total. The Morgan fingerprint density at radius 1 is 1.17 bits per heavy atom. The lowest BCUT2D eigenvalue weighted by molar-refractivity contribution is 0.628. The van der Waals surface area contributed by atoms with Gasteiger partial charge in [-0.15, -0.1) is 11.3 Å². The summed E-state index contributed by atoms with van der Waals surface area (Å²) in [7, 11) is 0. The zero-order valence-electron chi connectivity index (χ0n) is 12.5. The van der Waals surface area contributed by atoms with E-state index < -0.39 is 0 Å². The first-order valence-electron chi connectivity index (χ1n) is 7.06. The third-order valence-electron chi connectivity index (χ3n) is 3.48. The number of aryl methyl sites for hydroxylation is 1. The third-order valence-corrected chi connectivity index (χ3v) is 4.36. The molecule has 3 rings (SSSR count). The molecule has 0 unspecified atom stereocenters. The van der Waals surface area contributed by atoms with Gasteiger partial charge in [0.1, 0.15) is 16.9 Å². The Bertz CT molecular complexity index is 902. The lowest BCUT2D eigenvalue weighted by Crippen LogP contribution is -1.85. The Morgan fingerprint density at radius 2 is 1.91 bits per heavy atom. The predicted molar refractivity (Wildman–Crippen MR) is 92.2 cm³/mol. The Hall–Kier alpha value is -2.77. The molecule has 1 heterocycles. The van der Waals surface area contributed by atoms with E-state index in [1.54, 1.807) is 12.1 Å². The molecule has 112 valence electrons. The van der Waals surface area contributed by atoms with Gasteiger partial charge in [0.05, 0.1) is 11.3 Å². The molecule has 4 heteroatoms. The van der Waals surface area contributed by atoms with E-state index in [0.29, 0.717) is 10.6 Å². The maximum atomic E-state index is 13.0. The molecule has 0 aliphatic rings. The minimum atomic E-state index is -0.277. The molecule has 0 fully saturated rings. The monoisotopic (exact) mass is 320 g/mol. The minimum Gasteiger partial charge on any atom is -0.235 e. The van der Waals surface area contributed by atoms with Crippen LogP contribution >= 0.6 is 11.3 Å². The molecular formula is C19H13FN2S. The Labute approximate surface area is 138 Å². The van der Waals surface area contributed by atoms with E-state index in [-0.39, 0.29) is 5.82 Å². The molecule has 2 nitrogen and oxygen atoms in total. The quantitative estimate of drug-likeness (QED) is 0.612. The number of nitrogens with zero attached hydrogens (tertiary/aromatic N) is 2. The van der Waals surface area contributed by atoms with Crippen LogP contribution in [0.25, 0.3) is 22.9 Å². The van der Waals surface area contributed by atoms with Crippen LogP contribution < -0.4 is 0 Å². The van der Waals surface area contributed by atoms with Crippen LogP contribution in [0.3, 0.4) is 0 Å². The summed E-state index contributed by atoms with van der Waals surface area (Å²) >= 11 is 1.41. The minimum absolute atomic E-state index is 0.277. The van der Waals surface area contributed by atoms with Gasteiger partial charge in [-0.25, -0.2) is 9.37 Å². The summed E-state index contributed by atoms with van der Waals surface area (Å²) in [6.45, 7) is 2.01. The van der Waals surface area contributed by atoms with E-state index in [1.807, 2.05) is 42.6 Å². The molecule has 2 aromatic carbocycles. The molecule has 0 saturated heterocycles. The molecule has 0 aliphatic carbocycles. The first-order chi connectivity index (χ1) is 11.2. The fourth-order valence-electron chi connectivity index (χ4n) is 2.20. The molecule has 0 radical (unpaired) electrons. The number of aromatic nitrogens is 1. The summed E-state index contributed by atoms with van der Waals surface area (Å²) in [4.78, 5) is 4.51. The second kappa shape index (κ2) is 6.55. The molecule has 0 bridgehead atoms. The van der Waals surface area contributed by atoms with E-state index in [1.165, 1.54) is 23.5 Å². The van der Waals surface area contributed by atoms with Gasteiger partial charge in [-0.1, -0.05) is 24.3 Å². The van der Waals surface area contributed by atoms with Crippen molar-refractivity contribution in [3.05, 3.63) is 75.9 Å². The molecule has 0 spiro atoms. The van der Waals surface area contributed by atoms with E-state index in [2.05, 4.69) is 11.1 Å².